The van der Waals surface area contributed by atoms with E-state index in [9.17, 15) is 4.39 Å². The van der Waals surface area contributed by atoms with Crippen molar-refractivity contribution in [2.75, 3.05) is 0 Å². The number of aryl methyl sites for hydroxylation is 1. The van der Waals surface area contributed by atoms with Crippen molar-refractivity contribution in [1.29, 1.82) is 0 Å². The first kappa shape index (κ1) is 26.4. The third kappa shape index (κ3) is 6.42. The molecule has 43 heavy (non-hydrogen) atoms. The Morgan fingerprint density at radius 3 is 2.30 bits per heavy atom. The summed E-state index contributed by atoms with van der Waals surface area (Å²) in [6.07, 6.45) is 5.15. The van der Waals surface area contributed by atoms with Gasteiger partial charge in [0.2, 0.25) is 5.71 Å². The second-order valence-electron chi connectivity index (χ2n) is 10.8. The zero-order chi connectivity index (χ0) is 31.8. The number of hydrogen-bond donors (Lipinski definition) is 0. The van der Waals surface area contributed by atoms with Gasteiger partial charge in [0.1, 0.15) is 0 Å². The topological polar surface area (TPSA) is 56.2 Å². The maximum atomic E-state index is 12.7. The van der Waals surface area contributed by atoms with Crippen LogP contribution >= 0.6 is 0 Å². The molecule has 0 aliphatic carbocycles. The first-order valence-electron chi connectivity index (χ1n) is 15.0. The Labute approximate surface area is 269 Å². The fourth-order valence-corrected chi connectivity index (χ4v) is 5.59. The van der Waals surface area contributed by atoms with Crippen LogP contribution in [0.25, 0.3) is 50.5 Å². The number of aromatic nitrogens is 4. The fraction of sp³-hybridized carbons (Fsp3) is 0.114. The van der Waals surface area contributed by atoms with Crippen molar-refractivity contribution in [2.24, 2.45) is 0 Å². The molecule has 7 rings (SSSR count). The molecule has 0 saturated heterocycles. The van der Waals surface area contributed by atoms with E-state index in [-0.39, 0.29) is 31.5 Å². The molecule has 0 spiro atoms. The van der Waals surface area contributed by atoms with Crippen LogP contribution in [0.1, 0.15) is 9.68 Å². The van der Waals surface area contributed by atoms with Crippen LogP contribution in [0.2, 0.25) is 19.6 Å². The summed E-state index contributed by atoms with van der Waals surface area (Å²) in [7, 11) is -1.38. The average Bonchev–Trinajstić information content (AvgIpc) is 3.61. The number of pyridine rings is 2. The number of oxazole rings is 1. The maximum absolute atomic E-state index is 12.7. The van der Waals surface area contributed by atoms with Gasteiger partial charge in [-0.25, -0.2) is 4.52 Å². The van der Waals surface area contributed by atoms with E-state index in [0.29, 0.717) is 11.3 Å². The first-order chi connectivity index (χ1) is 21.5. The molecule has 0 aliphatic rings. The molecule has 8 heteroatoms. The van der Waals surface area contributed by atoms with Gasteiger partial charge in [0, 0.05) is 47.9 Å². The molecule has 0 saturated carbocycles. The van der Waals surface area contributed by atoms with Gasteiger partial charge in [-0.1, -0.05) is 79.8 Å². The summed E-state index contributed by atoms with van der Waals surface area (Å²) in [5.74, 6) is -0.368. The average molecular weight is 764 g/mol. The minimum Gasteiger partial charge on any atom is -0.484 e. The molecule has 5 nitrogen and oxygen atoms in total. The zero-order valence-electron chi connectivity index (χ0n) is 26.7. The summed E-state index contributed by atoms with van der Waals surface area (Å²) in [5, 5.41) is 5.90. The van der Waals surface area contributed by atoms with Crippen LogP contribution < -0.4 is 5.19 Å². The molecular formula is C35H29FIrN4OSi-2. The minimum atomic E-state index is -2.15. The van der Waals surface area contributed by atoms with E-state index in [0.717, 1.165) is 39.2 Å². The molecule has 0 aliphatic heterocycles. The van der Waals surface area contributed by atoms with Crippen LogP contribution in [0.4, 0.5) is 4.39 Å². The van der Waals surface area contributed by atoms with Crippen molar-refractivity contribution < 1.29 is 33.0 Å². The number of halogens is 1. The second-order valence-corrected chi connectivity index (χ2v) is 15.9. The third-order valence-electron chi connectivity index (χ3n) is 6.87. The Kier molecular flexibility index (Phi) is 7.71. The first-order valence-corrected chi connectivity index (χ1v) is 17.0. The van der Waals surface area contributed by atoms with Crippen molar-refractivity contribution in [3.8, 4) is 33.6 Å². The van der Waals surface area contributed by atoms with Gasteiger partial charge < -0.3 is 14.4 Å². The molecule has 0 atom stereocenters. The normalized spacial score (nSPS) is 12.5. The Hall–Kier alpha value is -4.23. The van der Waals surface area contributed by atoms with Gasteiger partial charge >= 0.3 is 0 Å². The van der Waals surface area contributed by atoms with E-state index in [1.165, 1.54) is 29.6 Å². The third-order valence-corrected chi connectivity index (χ3v) is 8.89. The van der Waals surface area contributed by atoms with Crippen LogP contribution in [-0.2, 0) is 20.1 Å². The summed E-state index contributed by atoms with van der Waals surface area (Å²) >= 11 is 0. The van der Waals surface area contributed by atoms with Gasteiger partial charge in [-0.05, 0) is 34.6 Å². The van der Waals surface area contributed by atoms with Gasteiger partial charge in [-0.3, -0.25) is 4.39 Å². The molecular weight excluding hydrogens is 732 g/mol. The van der Waals surface area contributed by atoms with Gasteiger partial charge in [0.25, 0.3) is 0 Å². The largest absolute Gasteiger partial charge is 0.484 e. The standard InChI is InChI=1S/C23H20N3OSi.C12H9FN.Ir/c1-28(2,3)17-12-13-20(24-14-17)18-10-7-11-21-22(18)27-23-19(15-25-26(21)23)16-8-5-4-6-9-16;1-9-2-7-12(14-8-9)10-3-5-11(13)6-4-10;/h4-9,11-15H,1-3H3;2-3,5-8H,1H3;/q2*-1;/i;1D3;. The minimum absolute atomic E-state index is 0. The van der Waals surface area contributed by atoms with Crippen LogP contribution in [0.5, 0.6) is 0 Å². The van der Waals surface area contributed by atoms with Crippen LogP contribution in [0.3, 0.4) is 0 Å². The van der Waals surface area contributed by atoms with Crippen molar-refractivity contribution in [3.63, 3.8) is 0 Å². The molecule has 7 aromatic rings. The van der Waals surface area contributed by atoms with E-state index in [4.69, 9.17) is 13.5 Å². The predicted molar refractivity (Wildman–Crippen MR) is 169 cm³/mol. The molecule has 0 N–H and O–H groups in total. The van der Waals surface area contributed by atoms with Crippen molar-refractivity contribution in [3.05, 3.63) is 127 Å². The van der Waals surface area contributed by atoms with Crippen molar-refractivity contribution >= 4 is 30.1 Å². The summed E-state index contributed by atoms with van der Waals surface area (Å²) in [5.41, 5.74) is 7.59. The zero-order valence-corrected chi connectivity index (χ0v) is 27.1. The maximum Gasteiger partial charge on any atom is 0.219 e. The molecule has 0 bridgehead atoms. The Balaban J connectivity index is 0.000000200. The van der Waals surface area contributed by atoms with Gasteiger partial charge in [0.05, 0.1) is 25.4 Å². The number of rotatable bonds is 4. The molecule has 0 amide bonds. The number of hydrogen-bond acceptors (Lipinski definition) is 4. The van der Waals surface area contributed by atoms with E-state index >= 15 is 0 Å². The van der Waals surface area contributed by atoms with Crippen LogP contribution in [0.15, 0.2) is 108 Å². The summed E-state index contributed by atoms with van der Waals surface area (Å²) in [6.45, 7) is 4.81. The molecule has 217 valence electrons. The van der Waals surface area contributed by atoms with Crippen molar-refractivity contribution in [1.82, 2.24) is 19.6 Å². The molecule has 4 aromatic heterocycles. The number of fused-ring (bicyclic) bond motifs is 3. The van der Waals surface area contributed by atoms with E-state index < -0.39 is 14.9 Å². The summed E-state index contributed by atoms with van der Waals surface area (Å²) < 4.78 is 42.5. The molecule has 3 aromatic carbocycles. The Morgan fingerprint density at radius 2 is 1.65 bits per heavy atom. The summed E-state index contributed by atoms with van der Waals surface area (Å²) in [4.78, 5) is 8.75. The van der Waals surface area contributed by atoms with Crippen LogP contribution in [0, 0.1) is 24.8 Å². The molecule has 0 unspecified atom stereocenters. The predicted octanol–water partition coefficient (Wildman–Crippen LogP) is 8.15. The smallest absolute Gasteiger partial charge is 0.219 e. The van der Waals surface area contributed by atoms with E-state index in [1.807, 2.05) is 47.2 Å². The number of benzene rings is 3. The SMILES string of the molecule is C[Si](C)(C)c1ccc(-c2[c-]ccc3c2oc2c(-c4ccccc4)cnn23)nc1.[2H]C([2H])([2H])c1ccc(-c2[c-]cc(F)cc2)nc1.[Ir]. The van der Waals surface area contributed by atoms with Gasteiger partial charge in [-0.2, -0.15) is 5.10 Å². The van der Waals surface area contributed by atoms with Crippen LogP contribution in [-0.4, -0.2) is 27.7 Å². The fourth-order valence-electron chi connectivity index (χ4n) is 4.56. The Bertz CT molecular complexity index is 2070. The van der Waals surface area contributed by atoms with Crippen molar-refractivity contribution in [2.45, 2.75) is 26.5 Å². The second kappa shape index (κ2) is 12.6. The molecule has 0 fully saturated rings. The number of nitrogens with zero attached hydrogens (tertiary/aromatic N) is 4. The monoisotopic (exact) mass is 764 g/mol. The molecule has 1 radical (unpaired) electrons. The van der Waals surface area contributed by atoms with Gasteiger partial charge in [0.15, 0.2) is 0 Å². The quantitative estimate of drug-likeness (QED) is 0.134. The van der Waals surface area contributed by atoms with E-state index in [1.54, 1.807) is 12.1 Å². The van der Waals surface area contributed by atoms with Gasteiger partial charge in [-0.15, -0.1) is 48.0 Å². The van der Waals surface area contributed by atoms with E-state index in [2.05, 4.69) is 66.1 Å². The molecule has 4 heterocycles. The Morgan fingerprint density at radius 1 is 0.860 bits per heavy atom. The summed E-state index contributed by atoms with van der Waals surface area (Å²) in [6, 6.07) is 31.5.